The van der Waals surface area contributed by atoms with Gasteiger partial charge in [0.25, 0.3) is 0 Å². The lowest BCUT2D eigenvalue weighted by atomic mass is 9.99. The highest BCUT2D eigenvalue weighted by molar-refractivity contribution is 7.91. The molecule has 0 aliphatic carbocycles. The van der Waals surface area contributed by atoms with E-state index < -0.39 is 9.84 Å². The van der Waals surface area contributed by atoms with E-state index >= 15 is 0 Å². The highest BCUT2D eigenvalue weighted by Crippen LogP contribution is 2.24. The third-order valence-corrected chi connectivity index (χ3v) is 5.02. The van der Waals surface area contributed by atoms with Gasteiger partial charge in [0.2, 0.25) is 0 Å². The molecule has 2 unspecified atom stereocenters. The minimum absolute atomic E-state index is 0.0202. The summed E-state index contributed by atoms with van der Waals surface area (Å²) in [5.41, 5.74) is 7.24. The molecule has 18 heavy (non-hydrogen) atoms. The maximum absolute atomic E-state index is 11.5. The Balaban J connectivity index is 2.18. The van der Waals surface area contributed by atoms with Gasteiger partial charge >= 0.3 is 0 Å². The Labute approximate surface area is 109 Å². The Morgan fingerprint density at radius 1 is 1.17 bits per heavy atom. The lowest BCUT2D eigenvalue weighted by molar-refractivity contribution is 0.191. The molecule has 1 fully saturated rings. The second kappa shape index (κ2) is 5.38. The van der Waals surface area contributed by atoms with Gasteiger partial charge in [0, 0.05) is 25.2 Å². The second-order valence-electron chi connectivity index (χ2n) is 4.90. The Kier molecular flexibility index (Phi) is 4.04. The molecule has 1 saturated heterocycles. The Bertz CT molecular complexity index is 471. The quantitative estimate of drug-likeness (QED) is 0.881. The summed E-state index contributed by atoms with van der Waals surface area (Å²) in [7, 11) is -2.84. The number of rotatable bonds is 3. The monoisotopic (exact) mass is 268 g/mol. The average Bonchev–Trinajstić information content (AvgIpc) is 2.33. The van der Waals surface area contributed by atoms with E-state index in [1.54, 1.807) is 0 Å². The standard InChI is InChI=1S/C13H20N2O2S/c1-11(14)13(12-5-3-2-4-6-12)15-7-9-18(16,17)10-8-15/h2-6,11,13H,7-10,14H2,1H3. The molecular weight excluding hydrogens is 248 g/mol. The Hall–Kier alpha value is -0.910. The first-order chi connectivity index (χ1) is 8.49. The van der Waals surface area contributed by atoms with Crippen LogP contribution in [-0.4, -0.2) is 44.0 Å². The van der Waals surface area contributed by atoms with Gasteiger partial charge in [-0.25, -0.2) is 8.42 Å². The van der Waals surface area contributed by atoms with Crippen LogP contribution in [0.25, 0.3) is 0 Å². The molecule has 1 aromatic carbocycles. The van der Waals surface area contributed by atoms with E-state index in [-0.39, 0.29) is 23.6 Å². The van der Waals surface area contributed by atoms with Gasteiger partial charge < -0.3 is 5.73 Å². The lowest BCUT2D eigenvalue weighted by Gasteiger charge is -2.36. The van der Waals surface area contributed by atoms with E-state index in [1.165, 1.54) is 0 Å². The van der Waals surface area contributed by atoms with E-state index in [0.29, 0.717) is 13.1 Å². The van der Waals surface area contributed by atoms with E-state index in [1.807, 2.05) is 25.1 Å². The fourth-order valence-electron chi connectivity index (χ4n) is 2.50. The van der Waals surface area contributed by atoms with Gasteiger partial charge in [-0.05, 0) is 12.5 Å². The molecule has 2 atom stereocenters. The third-order valence-electron chi connectivity index (χ3n) is 3.41. The molecule has 0 bridgehead atoms. The molecule has 0 spiro atoms. The molecule has 1 aliphatic heterocycles. The van der Waals surface area contributed by atoms with Crippen LogP contribution in [0.5, 0.6) is 0 Å². The normalized spacial score (nSPS) is 23.4. The van der Waals surface area contributed by atoms with Gasteiger partial charge in [0.05, 0.1) is 11.5 Å². The van der Waals surface area contributed by atoms with Crippen molar-refractivity contribution in [2.45, 2.75) is 19.0 Å². The SMILES string of the molecule is CC(N)C(c1ccccc1)N1CCS(=O)(=O)CC1. The van der Waals surface area contributed by atoms with Crippen LogP contribution in [0.2, 0.25) is 0 Å². The van der Waals surface area contributed by atoms with Crippen molar-refractivity contribution in [3.63, 3.8) is 0 Å². The summed E-state index contributed by atoms with van der Waals surface area (Å²) in [5, 5.41) is 0. The minimum atomic E-state index is -2.84. The van der Waals surface area contributed by atoms with Crippen molar-refractivity contribution in [3.05, 3.63) is 35.9 Å². The zero-order valence-corrected chi connectivity index (χ0v) is 11.4. The van der Waals surface area contributed by atoms with Crippen molar-refractivity contribution in [2.24, 2.45) is 5.73 Å². The smallest absolute Gasteiger partial charge is 0.152 e. The molecule has 0 radical (unpaired) electrons. The van der Waals surface area contributed by atoms with Crippen molar-refractivity contribution in [2.75, 3.05) is 24.6 Å². The first kappa shape index (κ1) is 13.5. The number of hydrogen-bond acceptors (Lipinski definition) is 4. The summed E-state index contributed by atoms with van der Waals surface area (Å²) >= 11 is 0. The highest BCUT2D eigenvalue weighted by Gasteiger charge is 2.29. The van der Waals surface area contributed by atoms with E-state index in [2.05, 4.69) is 17.0 Å². The first-order valence-electron chi connectivity index (χ1n) is 6.24. The summed E-state index contributed by atoms with van der Waals surface area (Å²) < 4.78 is 22.9. The number of nitrogens with two attached hydrogens (primary N) is 1. The van der Waals surface area contributed by atoms with Crippen LogP contribution in [-0.2, 0) is 9.84 Å². The van der Waals surface area contributed by atoms with Crippen LogP contribution in [0.4, 0.5) is 0 Å². The van der Waals surface area contributed by atoms with Crippen LogP contribution in [0.3, 0.4) is 0 Å². The van der Waals surface area contributed by atoms with Crippen LogP contribution < -0.4 is 5.73 Å². The van der Waals surface area contributed by atoms with Gasteiger partial charge in [-0.1, -0.05) is 30.3 Å². The number of hydrogen-bond donors (Lipinski definition) is 1. The van der Waals surface area contributed by atoms with Gasteiger partial charge in [-0.2, -0.15) is 0 Å². The summed E-state index contributed by atoms with van der Waals surface area (Å²) in [4.78, 5) is 2.18. The zero-order valence-electron chi connectivity index (χ0n) is 10.6. The molecule has 2 N–H and O–H groups in total. The van der Waals surface area contributed by atoms with E-state index in [9.17, 15) is 8.42 Å². The average molecular weight is 268 g/mol. The van der Waals surface area contributed by atoms with Crippen molar-refractivity contribution < 1.29 is 8.42 Å². The lowest BCUT2D eigenvalue weighted by Crippen LogP contribution is -2.47. The summed E-state index contributed by atoms with van der Waals surface area (Å²) in [5.74, 6) is 0.478. The molecular formula is C13H20N2O2S. The molecule has 1 aromatic rings. The molecule has 1 aliphatic rings. The largest absolute Gasteiger partial charge is 0.326 e. The molecule has 100 valence electrons. The van der Waals surface area contributed by atoms with Crippen molar-refractivity contribution in [3.8, 4) is 0 Å². The fourth-order valence-corrected chi connectivity index (χ4v) is 3.73. The Morgan fingerprint density at radius 3 is 2.22 bits per heavy atom. The molecule has 4 nitrogen and oxygen atoms in total. The third kappa shape index (κ3) is 3.10. The predicted octanol–water partition coefficient (Wildman–Crippen LogP) is 0.805. The molecule has 2 rings (SSSR count). The topological polar surface area (TPSA) is 63.4 Å². The van der Waals surface area contributed by atoms with Crippen LogP contribution in [0.1, 0.15) is 18.5 Å². The summed E-state index contributed by atoms with van der Waals surface area (Å²) in [6, 6.07) is 10.1. The maximum Gasteiger partial charge on any atom is 0.152 e. The van der Waals surface area contributed by atoms with Crippen molar-refractivity contribution in [1.29, 1.82) is 0 Å². The highest BCUT2D eigenvalue weighted by atomic mass is 32.2. The molecule has 1 heterocycles. The summed E-state index contributed by atoms with van der Waals surface area (Å²) in [6.45, 7) is 3.12. The molecule has 5 heteroatoms. The maximum atomic E-state index is 11.5. The minimum Gasteiger partial charge on any atom is -0.326 e. The van der Waals surface area contributed by atoms with E-state index in [4.69, 9.17) is 5.73 Å². The van der Waals surface area contributed by atoms with Crippen LogP contribution >= 0.6 is 0 Å². The fraction of sp³-hybridized carbons (Fsp3) is 0.538. The zero-order chi connectivity index (χ0) is 13.2. The molecule has 0 saturated carbocycles. The van der Waals surface area contributed by atoms with Gasteiger partial charge in [-0.15, -0.1) is 0 Å². The van der Waals surface area contributed by atoms with Gasteiger partial charge in [0.1, 0.15) is 0 Å². The molecule has 0 aromatic heterocycles. The molecule has 0 amide bonds. The Morgan fingerprint density at radius 2 is 1.72 bits per heavy atom. The second-order valence-corrected chi connectivity index (χ2v) is 7.21. The number of benzene rings is 1. The van der Waals surface area contributed by atoms with Crippen LogP contribution in [0, 0.1) is 0 Å². The van der Waals surface area contributed by atoms with Gasteiger partial charge in [0.15, 0.2) is 9.84 Å². The number of sulfone groups is 1. The van der Waals surface area contributed by atoms with Gasteiger partial charge in [-0.3, -0.25) is 4.90 Å². The summed E-state index contributed by atoms with van der Waals surface area (Å²) in [6.07, 6.45) is 0. The first-order valence-corrected chi connectivity index (χ1v) is 8.07. The van der Waals surface area contributed by atoms with Crippen molar-refractivity contribution >= 4 is 9.84 Å². The predicted molar refractivity (Wildman–Crippen MR) is 73.1 cm³/mol. The van der Waals surface area contributed by atoms with Crippen LogP contribution in [0.15, 0.2) is 30.3 Å². The van der Waals surface area contributed by atoms with E-state index in [0.717, 1.165) is 5.56 Å². The van der Waals surface area contributed by atoms with Crippen molar-refractivity contribution in [1.82, 2.24) is 4.90 Å². The number of nitrogens with zero attached hydrogens (tertiary/aromatic N) is 1.